The lowest BCUT2D eigenvalue weighted by Gasteiger charge is -2.13. The van der Waals surface area contributed by atoms with Crippen molar-refractivity contribution >= 4 is 18.4 Å². The first kappa shape index (κ1) is 14.9. The van der Waals surface area contributed by atoms with E-state index in [1.807, 2.05) is 31.2 Å². The molecular weight excluding hydrogens is 226 g/mol. The van der Waals surface area contributed by atoms with Gasteiger partial charge in [0.05, 0.1) is 13.0 Å². The molecular formula is C12H18ClNO2. The van der Waals surface area contributed by atoms with E-state index in [0.717, 1.165) is 11.1 Å². The second-order valence-corrected chi connectivity index (χ2v) is 3.47. The van der Waals surface area contributed by atoms with Gasteiger partial charge in [0.25, 0.3) is 0 Å². The van der Waals surface area contributed by atoms with E-state index in [1.165, 1.54) is 0 Å². The molecule has 0 saturated heterocycles. The highest BCUT2D eigenvalue weighted by Crippen LogP contribution is 2.18. The summed E-state index contributed by atoms with van der Waals surface area (Å²) in [6.07, 6.45) is 0.235. The van der Waals surface area contributed by atoms with Crippen molar-refractivity contribution in [1.82, 2.24) is 0 Å². The summed E-state index contributed by atoms with van der Waals surface area (Å²) in [5, 5.41) is 0. The summed E-state index contributed by atoms with van der Waals surface area (Å²) in [6, 6.07) is 7.54. The maximum atomic E-state index is 11.2. The fourth-order valence-electron chi connectivity index (χ4n) is 1.51. The zero-order valence-electron chi connectivity index (χ0n) is 9.60. The molecule has 0 saturated carbocycles. The average molecular weight is 244 g/mol. The molecule has 1 aromatic rings. The van der Waals surface area contributed by atoms with E-state index in [4.69, 9.17) is 10.5 Å². The third-order valence-electron chi connectivity index (χ3n) is 2.28. The van der Waals surface area contributed by atoms with E-state index < -0.39 is 0 Å². The minimum Gasteiger partial charge on any atom is -0.466 e. The largest absolute Gasteiger partial charge is 0.466 e. The monoisotopic (exact) mass is 243 g/mol. The van der Waals surface area contributed by atoms with Gasteiger partial charge in [-0.3, -0.25) is 4.79 Å². The number of benzene rings is 1. The molecule has 16 heavy (non-hydrogen) atoms. The Morgan fingerprint density at radius 1 is 1.44 bits per heavy atom. The van der Waals surface area contributed by atoms with E-state index in [0.29, 0.717) is 6.61 Å². The number of ether oxygens (including phenoxy) is 1. The van der Waals surface area contributed by atoms with Crippen LogP contribution in [0.1, 0.15) is 30.5 Å². The normalized spacial score (nSPS) is 11.4. The van der Waals surface area contributed by atoms with Gasteiger partial charge in [-0.2, -0.15) is 0 Å². The Kier molecular flexibility index (Phi) is 6.77. The van der Waals surface area contributed by atoms with Crippen molar-refractivity contribution in [2.24, 2.45) is 5.73 Å². The van der Waals surface area contributed by atoms with Crippen molar-refractivity contribution in [2.45, 2.75) is 26.3 Å². The highest BCUT2D eigenvalue weighted by Gasteiger charge is 2.13. The number of hydrogen-bond donors (Lipinski definition) is 1. The molecule has 0 amide bonds. The van der Waals surface area contributed by atoms with Crippen molar-refractivity contribution in [3.05, 3.63) is 35.4 Å². The van der Waals surface area contributed by atoms with E-state index >= 15 is 0 Å². The first-order valence-corrected chi connectivity index (χ1v) is 5.12. The Morgan fingerprint density at radius 2 is 2.06 bits per heavy atom. The molecule has 90 valence electrons. The van der Waals surface area contributed by atoms with Gasteiger partial charge < -0.3 is 10.5 Å². The summed E-state index contributed by atoms with van der Waals surface area (Å²) in [6.45, 7) is 4.18. The first-order valence-electron chi connectivity index (χ1n) is 5.12. The molecule has 1 unspecified atom stereocenters. The van der Waals surface area contributed by atoms with E-state index in [2.05, 4.69) is 0 Å². The number of hydrogen-bond acceptors (Lipinski definition) is 3. The molecule has 0 spiro atoms. The lowest BCUT2D eigenvalue weighted by atomic mass is 10.00. The topological polar surface area (TPSA) is 52.3 Å². The molecule has 1 rings (SSSR count). The Bertz CT molecular complexity index is 342. The quantitative estimate of drug-likeness (QED) is 0.826. The summed E-state index contributed by atoms with van der Waals surface area (Å²) < 4.78 is 4.85. The van der Waals surface area contributed by atoms with E-state index in [1.54, 1.807) is 6.92 Å². The lowest BCUT2D eigenvalue weighted by molar-refractivity contribution is -0.143. The summed E-state index contributed by atoms with van der Waals surface area (Å²) in [5.74, 6) is -0.242. The molecule has 0 heterocycles. The van der Waals surface area contributed by atoms with Gasteiger partial charge in [0.15, 0.2) is 0 Å². The fraction of sp³-hybridized carbons (Fsp3) is 0.417. The van der Waals surface area contributed by atoms with Crippen LogP contribution in [0.15, 0.2) is 24.3 Å². The summed E-state index contributed by atoms with van der Waals surface area (Å²) in [5.41, 5.74) is 8.04. The minimum atomic E-state index is -0.273. The van der Waals surface area contributed by atoms with Crippen LogP contribution in [0.4, 0.5) is 0 Å². The van der Waals surface area contributed by atoms with Crippen LogP contribution in [0.25, 0.3) is 0 Å². The number of nitrogens with two attached hydrogens (primary N) is 1. The Hall–Kier alpha value is -1.06. The van der Waals surface area contributed by atoms with Gasteiger partial charge in [0.2, 0.25) is 0 Å². The molecule has 1 aromatic carbocycles. The van der Waals surface area contributed by atoms with Crippen LogP contribution >= 0.6 is 12.4 Å². The number of aryl methyl sites for hydroxylation is 1. The average Bonchev–Trinajstić information content (AvgIpc) is 2.18. The smallest absolute Gasteiger partial charge is 0.307 e. The molecule has 3 nitrogen and oxygen atoms in total. The zero-order chi connectivity index (χ0) is 11.3. The Balaban J connectivity index is 0.00000225. The second kappa shape index (κ2) is 7.25. The lowest BCUT2D eigenvalue weighted by Crippen LogP contribution is -2.18. The SMILES string of the molecule is CCOC(=O)CC(N)c1ccccc1C.Cl. The van der Waals surface area contributed by atoms with Crippen LogP contribution in [0.3, 0.4) is 0 Å². The summed E-state index contributed by atoms with van der Waals surface area (Å²) >= 11 is 0. The Labute approximate surface area is 102 Å². The van der Waals surface area contributed by atoms with Crippen molar-refractivity contribution in [1.29, 1.82) is 0 Å². The van der Waals surface area contributed by atoms with Crippen molar-refractivity contribution in [2.75, 3.05) is 6.61 Å². The standard InChI is InChI=1S/C12H17NO2.ClH/c1-3-15-12(14)8-11(13)10-7-5-4-6-9(10)2;/h4-7,11H,3,8,13H2,1-2H3;1H. The molecule has 0 radical (unpaired) electrons. The molecule has 0 aliphatic rings. The molecule has 0 fully saturated rings. The van der Waals surface area contributed by atoms with Gasteiger partial charge >= 0.3 is 5.97 Å². The van der Waals surface area contributed by atoms with Crippen LogP contribution in [-0.2, 0) is 9.53 Å². The third kappa shape index (κ3) is 4.21. The zero-order valence-corrected chi connectivity index (χ0v) is 10.4. The van der Waals surface area contributed by atoms with Crippen LogP contribution in [-0.4, -0.2) is 12.6 Å². The minimum absolute atomic E-state index is 0. The molecule has 1 atom stereocenters. The molecule has 0 bridgehead atoms. The van der Waals surface area contributed by atoms with E-state index in [9.17, 15) is 4.79 Å². The van der Waals surface area contributed by atoms with Gasteiger partial charge in [-0.25, -0.2) is 0 Å². The van der Waals surface area contributed by atoms with Crippen LogP contribution < -0.4 is 5.73 Å². The first-order chi connectivity index (χ1) is 7.15. The van der Waals surface area contributed by atoms with Crippen LogP contribution in [0.5, 0.6) is 0 Å². The number of esters is 1. The van der Waals surface area contributed by atoms with Gasteiger partial charge in [-0.15, -0.1) is 12.4 Å². The maximum Gasteiger partial charge on any atom is 0.307 e. The van der Waals surface area contributed by atoms with Gasteiger partial charge in [-0.1, -0.05) is 24.3 Å². The second-order valence-electron chi connectivity index (χ2n) is 3.47. The van der Waals surface area contributed by atoms with E-state index in [-0.39, 0.29) is 30.8 Å². The van der Waals surface area contributed by atoms with Crippen molar-refractivity contribution in [3.63, 3.8) is 0 Å². The predicted molar refractivity (Wildman–Crippen MR) is 66.6 cm³/mol. The molecule has 2 N–H and O–H groups in total. The van der Waals surface area contributed by atoms with Crippen LogP contribution in [0, 0.1) is 6.92 Å². The molecule has 0 aromatic heterocycles. The van der Waals surface area contributed by atoms with Gasteiger partial charge in [0.1, 0.15) is 0 Å². The number of carbonyl (C=O) groups excluding carboxylic acids is 1. The van der Waals surface area contributed by atoms with Gasteiger partial charge in [0, 0.05) is 6.04 Å². The summed E-state index contributed by atoms with van der Waals surface area (Å²) in [4.78, 5) is 11.2. The molecule has 0 aliphatic carbocycles. The van der Waals surface area contributed by atoms with Crippen molar-refractivity contribution < 1.29 is 9.53 Å². The maximum absolute atomic E-state index is 11.2. The highest BCUT2D eigenvalue weighted by atomic mass is 35.5. The summed E-state index contributed by atoms with van der Waals surface area (Å²) in [7, 11) is 0. The number of halogens is 1. The number of rotatable bonds is 4. The fourth-order valence-corrected chi connectivity index (χ4v) is 1.51. The highest BCUT2D eigenvalue weighted by molar-refractivity contribution is 5.85. The number of carbonyl (C=O) groups is 1. The Morgan fingerprint density at radius 3 is 2.62 bits per heavy atom. The third-order valence-corrected chi connectivity index (χ3v) is 2.28. The molecule has 4 heteroatoms. The van der Waals surface area contributed by atoms with Gasteiger partial charge in [-0.05, 0) is 25.0 Å². The van der Waals surface area contributed by atoms with Crippen molar-refractivity contribution in [3.8, 4) is 0 Å². The predicted octanol–water partition coefficient (Wildman–Crippen LogP) is 2.37. The van der Waals surface area contributed by atoms with Crippen LogP contribution in [0.2, 0.25) is 0 Å². The molecule has 0 aliphatic heterocycles.